The normalized spacial score (nSPS) is 11.8. The molecule has 0 aliphatic rings. The van der Waals surface area contributed by atoms with E-state index in [4.69, 9.17) is 4.74 Å². The number of nitrogens with zero attached hydrogens (tertiary/aromatic N) is 4. The standard InChI is InChI=1S/C26H21N5O/c1-16-11-19(17(2)31(16)21-6-8-23-18(13-21)5-4-10-28-23)12-20(15-27)26-29-24-9-7-22(32-3)14-25(24)30-26/h4-14H,1-3H3,(H,29,30)/b20-12-. The molecule has 0 bridgehead atoms. The summed E-state index contributed by atoms with van der Waals surface area (Å²) in [4.78, 5) is 12.2. The number of nitrogens with one attached hydrogen (secondary N) is 1. The van der Waals surface area contributed by atoms with E-state index in [1.165, 1.54) is 0 Å². The van der Waals surface area contributed by atoms with Crippen LogP contribution < -0.4 is 4.74 Å². The Labute approximate surface area is 185 Å². The molecule has 3 aromatic heterocycles. The van der Waals surface area contributed by atoms with Gasteiger partial charge in [-0.2, -0.15) is 5.26 Å². The number of methoxy groups -OCH3 is 1. The van der Waals surface area contributed by atoms with Crippen molar-refractivity contribution in [2.45, 2.75) is 13.8 Å². The minimum Gasteiger partial charge on any atom is -0.497 e. The van der Waals surface area contributed by atoms with Crippen molar-refractivity contribution < 1.29 is 4.74 Å². The van der Waals surface area contributed by atoms with Gasteiger partial charge in [0.2, 0.25) is 0 Å². The second kappa shape index (κ2) is 7.71. The Morgan fingerprint density at radius 3 is 2.75 bits per heavy atom. The Hall–Kier alpha value is -4.37. The number of ether oxygens (including phenoxy) is 1. The molecule has 0 unspecified atom stereocenters. The lowest BCUT2D eigenvalue weighted by molar-refractivity contribution is 0.415. The molecule has 3 heterocycles. The highest BCUT2D eigenvalue weighted by Crippen LogP contribution is 2.27. The molecule has 0 radical (unpaired) electrons. The zero-order valence-corrected chi connectivity index (χ0v) is 18.0. The molecule has 156 valence electrons. The van der Waals surface area contributed by atoms with Crippen LogP contribution in [0.4, 0.5) is 0 Å². The summed E-state index contributed by atoms with van der Waals surface area (Å²) in [5, 5.41) is 10.9. The number of nitriles is 1. The van der Waals surface area contributed by atoms with Crippen LogP contribution in [0, 0.1) is 25.2 Å². The van der Waals surface area contributed by atoms with Gasteiger partial charge in [-0.3, -0.25) is 4.98 Å². The molecule has 0 aliphatic carbocycles. The highest BCUT2D eigenvalue weighted by Gasteiger charge is 2.14. The van der Waals surface area contributed by atoms with Gasteiger partial charge >= 0.3 is 0 Å². The fraction of sp³-hybridized carbons (Fsp3) is 0.115. The zero-order valence-electron chi connectivity index (χ0n) is 18.0. The molecule has 32 heavy (non-hydrogen) atoms. The highest BCUT2D eigenvalue weighted by atomic mass is 16.5. The average molecular weight is 419 g/mol. The SMILES string of the molecule is COc1ccc2nc(/C(C#N)=C\c3cc(C)n(-c4ccc5ncccc5c4)c3C)[nH]c2c1. The Morgan fingerprint density at radius 1 is 1.09 bits per heavy atom. The number of H-pyrrole nitrogens is 1. The Morgan fingerprint density at radius 2 is 1.94 bits per heavy atom. The minimum atomic E-state index is 0.475. The fourth-order valence-corrected chi connectivity index (χ4v) is 4.09. The summed E-state index contributed by atoms with van der Waals surface area (Å²) in [5.74, 6) is 1.28. The van der Waals surface area contributed by atoms with Gasteiger partial charge in [0.15, 0.2) is 0 Å². The van der Waals surface area contributed by atoms with Crippen molar-refractivity contribution in [1.29, 1.82) is 5.26 Å². The first-order valence-corrected chi connectivity index (χ1v) is 10.3. The average Bonchev–Trinajstić information content (AvgIpc) is 3.36. The van der Waals surface area contributed by atoms with E-state index in [-0.39, 0.29) is 0 Å². The van der Waals surface area contributed by atoms with E-state index in [2.05, 4.69) is 63.7 Å². The predicted octanol–water partition coefficient (Wildman–Crippen LogP) is 5.59. The van der Waals surface area contributed by atoms with Gasteiger partial charge < -0.3 is 14.3 Å². The van der Waals surface area contributed by atoms with Crippen LogP contribution in [0.15, 0.2) is 60.8 Å². The summed E-state index contributed by atoms with van der Waals surface area (Å²) in [6.07, 6.45) is 3.69. The van der Waals surface area contributed by atoms with Crippen molar-refractivity contribution in [1.82, 2.24) is 19.5 Å². The Balaban J connectivity index is 1.58. The molecule has 6 heteroatoms. The van der Waals surface area contributed by atoms with Crippen LogP contribution in [0.3, 0.4) is 0 Å². The highest BCUT2D eigenvalue weighted by molar-refractivity contribution is 5.91. The number of aryl methyl sites for hydroxylation is 1. The van der Waals surface area contributed by atoms with Crippen molar-refractivity contribution in [2.24, 2.45) is 0 Å². The fourth-order valence-electron chi connectivity index (χ4n) is 4.09. The second-order valence-corrected chi connectivity index (χ2v) is 7.68. The number of hydrogen-bond donors (Lipinski definition) is 1. The zero-order chi connectivity index (χ0) is 22.2. The van der Waals surface area contributed by atoms with E-state index >= 15 is 0 Å². The van der Waals surface area contributed by atoms with E-state index in [9.17, 15) is 5.26 Å². The number of aromatic amines is 1. The van der Waals surface area contributed by atoms with Gasteiger partial charge in [0.05, 0.1) is 29.2 Å². The second-order valence-electron chi connectivity index (χ2n) is 7.68. The quantitative estimate of drug-likeness (QED) is 0.385. The molecule has 0 fully saturated rings. The van der Waals surface area contributed by atoms with E-state index in [1.807, 2.05) is 36.4 Å². The lowest BCUT2D eigenvalue weighted by Crippen LogP contribution is -1.99. The largest absolute Gasteiger partial charge is 0.497 e. The number of pyridine rings is 1. The number of hydrogen-bond acceptors (Lipinski definition) is 4. The van der Waals surface area contributed by atoms with Gasteiger partial charge in [-0.15, -0.1) is 0 Å². The van der Waals surface area contributed by atoms with Gasteiger partial charge in [0.25, 0.3) is 0 Å². The van der Waals surface area contributed by atoms with Gasteiger partial charge in [0.1, 0.15) is 17.6 Å². The summed E-state index contributed by atoms with van der Waals surface area (Å²) in [6.45, 7) is 4.13. The maximum Gasteiger partial charge on any atom is 0.149 e. The number of allylic oxidation sites excluding steroid dienone is 1. The van der Waals surface area contributed by atoms with E-state index in [0.29, 0.717) is 11.4 Å². The van der Waals surface area contributed by atoms with Crippen molar-refractivity contribution in [2.75, 3.05) is 7.11 Å². The molecule has 0 atom stereocenters. The summed E-state index contributed by atoms with van der Waals surface area (Å²) < 4.78 is 7.47. The van der Waals surface area contributed by atoms with Crippen LogP contribution in [0.2, 0.25) is 0 Å². The van der Waals surface area contributed by atoms with Gasteiger partial charge in [-0.05, 0) is 68.0 Å². The summed E-state index contributed by atoms with van der Waals surface area (Å²) in [5.41, 5.74) is 7.24. The number of benzene rings is 2. The third kappa shape index (κ3) is 3.30. The number of rotatable bonds is 4. The van der Waals surface area contributed by atoms with Crippen molar-refractivity contribution in [3.8, 4) is 17.5 Å². The number of aromatic nitrogens is 4. The summed E-state index contributed by atoms with van der Waals surface area (Å²) >= 11 is 0. The molecule has 0 saturated heterocycles. The molecular weight excluding hydrogens is 398 g/mol. The van der Waals surface area contributed by atoms with Gasteiger partial charge in [-0.1, -0.05) is 6.07 Å². The minimum absolute atomic E-state index is 0.475. The predicted molar refractivity (Wildman–Crippen MR) is 127 cm³/mol. The third-order valence-electron chi connectivity index (χ3n) is 5.68. The van der Waals surface area contributed by atoms with Gasteiger partial charge in [-0.25, -0.2) is 4.98 Å². The molecule has 0 amide bonds. The van der Waals surface area contributed by atoms with Crippen LogP contribution in [0.1, 0.15) is 22.8 Å². The van der Waals surface area contributed by atoms with E-state index < -0.39 is 0 Å². The smallest absolute Gasteiger partial charge is 0.149 e. The van der Waals surface area contributed by atoms with Gasteiger partial charge in [0, 0.05) is 34.7 Å². The number of imidazole rings is 1. The van der Waals surface area contributed by atoms with Crippen LogP contribution in [0.25, 0.3) is 39.3 Å². The van der Waals surface area contributed by atoms with Crippen molar-refractivity contribution in [3.05, 3.63) is 83.6 Å². The lowest BCUT2D eigenvalue weighted by Gasteiger charge is -2.10. The molecule has 0 saturated carbocycles. The van der Waals surface area contributed by atoms with Crippen LogP contribution in [-0.2, 0) is 0 Å². The third-order valence-corrected chi connectivity index (χ3v) is 5.68. The van der Waals surface area contributed by atoms with Crippen LogP contribution in [-0.4, -0.2) is 26.6 Å². The van der Waals surface area contributed by atoms with Crippen LogP contribution >= 0.6 is 0 Å². The molecule has 0 aliphatic heterocycles. The Kier molecular flexibility index (Phi) is 4.72. The molecule has 5 rings (SSSR count). The van der Waals surface area contributed by atoms with Crippen molar-refractivity contribution in [3.63, 3.8) is 0 Å². The monoisotopic (exact) mass is 419 g/mol. The molecule has 1 N–H and O–H groups in total. The number of fused-ring (bicyclic) bond motifs is 2. The topological polar surface area (TPSA) is 79.5 Å². The van der Waals surface area contributed by atoms with Crippen LogP contribution in [0.5, 0.6) is 5.75 Å². The maximum atomic E-state index is 9.85. The maximum absolute atomic E-state index is 9.85. The summed E-state index contributed by atoms with van der Waals surface area (Å²) in [6, 6.07) is 20.2. The van der Waals surface area contributed by atoms with E-state index in [1.54, 1.807) is 13.3 Å². The molecule has 2 aromatic carbocycles. The van der Waals surface area contributed by atoms with Crippen molar-refractivity contribution >= 4 is 33.6 Å². The molecule has 6 nitrogen and oxygen atoms in total. The Bertz CT molecular complexity index is 1550. The van der Waals surface area contributed by atoms with E-state index in [0.717, 1.165) is 50.3 Å². The first-order chi connectivity index (χ1) is 15.6. The molecule has 5 aromatic rings. The lowest BCUT2D eigenvalue weighted by atomic mass is 10.1. The summed E-state index contributed by atoms with van der Waals surface area (Å²) in [7, 11) is 1.63. The first kappa shape index (κ1) is 19.6. The molecular formula is C26H21N5O. The first-order valence-electron chi connectivity index (χ1n) is 10.3. The molecule has 0 spiro atoms.